The minimum absolute atomic E-state index is 0.220. The topological polar surface area (TPSA) is 59.0 Å². The summed E-state index contributed by atoms with van der Waals surface area (Å²) in [6, 6.07) is 3.53. The summed E-state index contributed by atoms with van der Waals surface area (Å²) < 4.78 is 16.4. The smallest absolute Gasteiger partial charge is 0.231 e. The van der Waals surface area contributed by atoms with E-state index in [1.54, 1.807) is 10.7 Å². The molecule has 0 saturated heterocycles. The van der Waals surface area contributed by atoms with Gasteiger partial charge in [-0.15, -0.1) is 0 Å². The minimum Gasteiger partial charge on any atom is -0.323 e. The minimum atomic E-state index is -0.393. The van der Waals surface area contributed by atoms with Crippen LogP contribution in [-0.4, -0.2) is 22.2 Å². The first kappa shape index (κ1) is 16.6. The summed E-state index contributed by atoms with van der Waals surface area (Å²) in [4.78, 5) is 12.6. The molecule has 1 atom stereocenters. The predicted octanol–water partition coefficient (Wildman–Crippen LogP) is 2.56. The van der Waals surface area contributed by atoms with Crippen LogP contribution in [0.4, 0.5) is 10.1 Å². The molecule has 0 fully saturated rings. The maximum Gasteiger partial charge on any atom is 0.231 e. The molecule has 0 aliphatic carbocycles. The van der Waals surface area contributed by atoms with Gasteiger partial charge in [-0.05, 0) is 50.9 Å². The number of hydrogen-bond acceptors (Lipinski definition) is 3. The van der Waals surface area contributed by atoms with Crippen molar-refractivity contribution in [2.45, 2.75) is 39.7 Å². The molecule has 24 heavy (non-hydrogen) atoms. The van der Waals surface area contributed by atoms with Gasteiger partial charge in [0, 0.05) is 24.8 Å². The molecule has 128 valence electrons. The van der Waals surface area contributed by atoms with Crippen molar-refractivity contribution in [2.75, 3.05) is 11.9 Å². The molecule has 3 rings (SSSR count). The second-order valence-electron chi connectivity index (χ2n) is 6.41. The van der Waals surface area contributed by atoms with Gasteiger partial charge in [0.05, 0.1) is 17.3 Å². The average molecular weight is 330 g/mol. The van der Waals surface area contributed by atoms with Crippen LogP contribution < -0.4 is 10.6 Å². The number of nitrogens with one attached hydrogen (secondary N) is 2. The van der Waals surface area contributed by atoms with Gasteiger partial charge >= 0.3 is 0 Å². The van der Waals surface area contributed by atoms with E-state index in [9.17, 15) is 9.18 Å². The number of nitrogens with zero attached hydrogens (tertiary/aromatic N) is 2. The molecule has 1 aromatic carbocycles. The van der Waals surface area contributed by atoms with Crippen LogP contribution in [0.1, 0.15) is 40.9 Å². The summed E-state index contributed by atoms with van der Waals surface area (Å²) in [5, 5.41) is 10.3. The largest absolute Gasteiger partial charge is 0.323 e. The van der Waals surface area contributed by atoms with Crippen LogP contribution >= 0.6 is 0 Å². The molecular weight excluding hydrogens is 307 g/mol. The second-order valence-corrected chi connectivity index (χ2v) is 6.41. The summed E-state index contributed by atoms with van der Waals surface area (Å²) in [6.45, 7) is 7.08. The van der Waals surface area contributed by atoms with Crippen molar-refractivity contribution in [1.29, 1.82) is 0 Å². The van der Waals surface area contributed by atoms with Gasteiger partial charge in [0.25, 0.3) is 0 Å². The first-order chi connectivity index (χ1) is 11.4. The van der Waals surface area contributed by atoms with E-state index in [2.05, 4.69) is 15.7 Å². The Balaban J connectivity index is 1.85. The van der Waals surface area contributed by atoms with Crippen molar-refractivity contribution < 1.29 is 9.18 Å². The van der Waals surface area contributed by atoms with Crippen LogP contribution in [0, 0.1) is 19.7 Å². The van der Waals surface area contributed by atoms with Gasteiger partial charge in [-0.25, -0.2) is 4.39 Å². The summed E-state index contributed by atoms with van der Waals surface area (Å²) in [5.74, 6) is -0.924. The SMILES string of the molecule is Cc1nn(C)c(C)c1C(C)C(=O)Nc1ccc2c(c1F)CCNC2. The van der Waals surface area contributed by atoms with Gasteiger partial charge < -0.3 is 10.6 Å². The third-order valence-electron chi connectivity index (χ3n) is 4.86. The Hall–Kier alpha value is -2.21. The van der Waals surface area contributed by atoms with Crippen LogP contribution in [0.3, 0.4) is 0 Å². The number of aryl methyl sites for hydroxylation is 2. The van der Waals surface area contributed by atoms with Gasteiger partial charge in [-0.3, -0.25) is 9.48 Å². The van der Waals surface area contributed by atoms with Gasteiger partial charge in [0.1, 0.15) is 5.82 Å². The average Bonchev–Trinajstić information content (AvgIpc) is 2.82. The lowest BCUT2D eigenvalue weighted by molar-refractivity contribution is -0.117. The summed E-state index contributed by atoms with van der Waals surface area (Å²) in [7, 11) is 1.85. The number of hydrogen-bond donors (Lipinski definition) is 2. The third-order valence-corrected chi connectivity index (χ3v) is 4.86. The maximum absolute atomic E-state index is 14.7. The third kappa shape index (κ3) is 2.82. The van der Waals surface area contributed by atoms with Gasteiger partial charge in [0.15, 0.2) is 0 Å². The van der Waals surface area contributed by atoms with E-state index in [0.29, 0.717) is 18.5 Å². The highest BCUT2D eigenvalue weighted by Crippen LogP contribution is 2.27. The van der Waals surface area contributed by atoms with E-state index >= 15 is 0 Å². The maximum atomic E-state index is 14.7. The number of anilines is 1. The Morgan fingerprint density at radius 3 is 2.83 bits per heavy atom. The molecule has 2 N–H and O–H groups in total. The Morgan fingerprint density at radius 2 is 2.17 bits per heavy atom. The molecule has 1 aromatic heterocycles. The second kappa shape index (κ2) is 6.36. The van der Waals surface area contributed by atoms with Crippen molar-refractivity contribution in [3.63, 3.8) is 0 Å². The number of rotatable bonds is 3. The van der Waals surface area contributed by atoms with E-state index in [4.69, 9.17) is 0 Å². The fourth-order valence-electron chi connectivity index (χ4n) is 3.42. The Morgan fingerprint density at radius 1 is 1.42 bits per heavy atom. The molecule has 2 heterocycles. The predicted molar refractivity (Wildman–Crippen MR) is 91.5 cm³/mol. The monoisotopic (exact) mass is 330 g/mol. The number of carbonyl (C=O) groups is 1. The van der Waals surface area contributed by atoms with Crippen molar-refractivity contribution in [3.8, 4) is 0 Å². The van der Waals surface area contributed by atoms with Crippen molar-refractivity contribution in [2.24, 2.45) is 7.05 Å². The number of aromatic nitrogens is 2. The fraction of sp³-hybridized carbons (Fsp3) is 0.444. The highest BCUT2D eigenvalue weighted by atomic mass is 19.1. The van der Waals surface area contributed by atoms with Crippen LogP contribution in [0.5, 0.6) is 0 Å². The number of amides is 1. The van der Waals surface area contributed by atoms with E-state index in [0.717, 1.165) is 29.1 Å². The molecule has 2 aromatic rings. The van der Waals surface area contributed by atoms with Gasteiger partial charge in [-0.1, -0.05) is 6.07 Å². The van der Waals surface area contributed by atoms with Crippen LogP contribution in [0.25, 0.3) is 0 Å². The number of halogens is 1. The zero-order valence-corrected chi connectivity index (χ0v) is 14.5. The first-order valence-electron chi connectivity index (χ1n) is 8.22. The standard InChI is InChI=1S/C18H23FN4O/c1-10(16-11(2)22-23(4)12(16)3)18(24)21-15-6-5-13-9-20-8-7-14(13)17(15)19/h5-6,10,20H,7-9H2,1-4H3,(H,21,24). The molecule has 1 aliphatic rings. The zero-order valence-electron chi connectivity index (χ0n) is 14.5. The molecule has 1 amide bonds. The Bertz CT molecular complexity index is 797. The molecule has 1 unspecified atom stereocenters. The molecule has 0 radical (unpaired) electrons. The van der Waals surface area contributed by atoms with E-state index in [1.807, 2.05) is 33.9 Å². The summed E-state index contributed by atoms with van der Waals surface area (Å²) >= 11 is 0. The van der Waals surface area contributed by atoms with Gasteiger partial charge in [0.2, 0.25) is 5.91 Å². The van der Waals surface area contributed by atoms with Crippen molar-refractivity contribution in [1.82, 2.24) is 15.1 Å². The molecule has 0 spiro atoms. The highest BCUT2D eigenvalue weighted by Gasteiger charge is 2.24. The number of carbonyl (C=O) groups excluding carboxylic acids is 1. The first-order valence-corrected chi connectivity index (χ1v) is 8.22. The molecule has 0 saturated carbocycles. The quantitative estimate of drug-likeness (QED) is 0.909. The number of benzene rings is 1. The van der Waals surface area contributed by atoms with E-state index in [1.165, 1.54) is 0 Å². The molecule has 0 bridgehead atoms. The normalized spacial score (nSPS) is 15.0. The molecule has 6 heteroatoms. The molecule has 1 aliphatic heterocycles. The summed E-state index contributed by atoms with van der Waals surface area (Å²) in [5.41, 5.74) is 4.60. The highest BCUT2D eigenvalue weighted by molar-refractivity contribution is 5.96. The lowest BCUT2D eigenvalue weighted by Crippen LogP contribution is -2.26. The van der Waals surface area contributed by atoms with E-state index in [-0.39, 0.29) is 17.4 Å². The molecule has 5 nitrogen and oxygen atoms in total. The van der Waals surface area contributed by atoms with Crippen LogP contribution in [0.15, 0.2) is 12.1 Å². The zero-order chi connectivity index (χ0) is 17.4. The number of fused-ring (bicyclic) bond motifs is 1. The van der Waals surface area contributed by atoms with Crippen LogP contribution in [-0.2, 0) is 24.8 Å². The van der Waals surface area contributed by atoms with Crippen molar-refractivity contribution in [3.05, 3.63) is 46.0 Å². The van der Waals surface area contributed by atoms with E-state index < -0.39 is 5.92 Å². The molecular formula is C18H23FN4O. The lowest BCUT2D eigenvalue weighted by atomic mass is 9.97. The lowest BCUT2D eigenvalue weighted by Gasteiger charge is -2.20. The Kier molecular flexibility index (Phi) is 4.41. The van der Waals surface area contributed by atoms with Gasteiger partial charge in [-0.2, -0.15) is 5.10 Å². The summed E-state index contributed by atoms with van der Waals surface area (Å²) in [6.07, 6.45) is 0.640. The van der Waals surface area contributed by atoms with Crippen molar-refractivity contribution >= 4 is 11.6 Å². The van der Waals surface area contributed by atoms with Crippen LogP contribution in [0.2, 0.25) is 0 Å². The fourth-order valence-corrected chi connectivity index (χ4v) is 3.42. The Labute approximate surface area is 141 Å².